The monoisotopic (exact) mass is 286 g/mol. The minimum Gasteiger partial charge on any atom is -0.328 e. The van der Waals surface area contributed by atoms with Crippen molar-refractivity contribution in [3.63, 3.8) is 0 Å². The van der Waals surface area contributed by atoms with Gasteiger partial charge in [0.15, 0.2) is 0 Å². The molecule has 0 bridgehead atoms. The first-order chi connectivity index (χ1) is 9.66. The lowest BCUT2D eigenvalue weighted by Gasteiger charge is -2.45. The van der Waals surface area contributed by atoms with E-state index in [1.165, 1.54) is 0 Å². The molecule has 2 N–H and O–H groups in total. The SMILES string of the molecule is N[C@H]1C(=O)N(Cc2ccccc2)[C@@H]1c1ccc(Cl)cc1. The van der Waals surface area contributed by atoms with Crippen LogP contribution in [-0.2, 0) is 11.3 Å². The van der Waals surface area contributed by atoms with Gasteiger partial charge in [0.2, 0.25) is 5.91 Å². The summed E-state index contributed by atoms with van der Waals surface area (Å²) in [6.07, 6.45) is 0. The van der Waals surface area contributed by atoms with Crippen molar-refractivity contribution < 1.29 is 4.79 Å². The summed E-state index contributed by atoms with van der Waals surface area (Å²) in [5.41, 5.74) is 8.09. The molecule has 0 aromatic heterocycles. The number of carbonyl (C=O) groups excluding carboxylic acids is 1. The number of rotatable bonds is 3. The number of likely N-dealkylation sites (tertiary alicyclic amines) is 1. The van der Waals surface area contributed by atoms with E-state index < -0.39 is 6.04 Å². The van der Waals surface area contributed by atoms with Gasteiger partial charge in [0.25, 0.3) is 0 Å². The Balaban J connectivity index is 1.82. The molecular weight excluding hydrogens is 272 g/mol. The number of benzene rings is 2. The van der Waals surface area contributed by atoms with Crippen molar-refractivity contribution in [2.45, 2.75) is 18.6 Å². The Morgan fingerprint density at radius 2 is 1.70 bits per heavy atom. The fourth-order valence-electron chi connectivity index (χ4n) is 2.58. The molecule has 3 rings (SSSR count). The zero-order valence-corrected chi connectivity index (χ0v) is 11.6. The molecule has 0 unspecified atom stereocenters. The summed E-state index contributed by atoms with van der Waals surface area (Å²) in [5, 5.41) is 0.683. The molecule has 0 saturated carbocycles. The lowest BCUT2D eigenvalue weighted by Crippen LogP contribution is -2.62. The van der Waals surface area contributed by atoms with Gasteiger partial charge >= 0.3 is 0 Å². The molecular formula is C16H15ClN2O. The van der Waals surface area contributed by atoms with Crippen LogP contribution in [0.2, 0.25) is 5.02 Å². The number of carbonyl (C=O) groups is 1. The third-order valence-corrected chi connectivity index (χ3v) is 3.90. The van der Waals surface area contributed by atoms with Crippen LogP contribution in [0.3, 0.4) is 0 Å². The smallest absolute Gasteiger partial charge is 0.242 e. The molecule has 20 heavy (non-hydrogen) atoms. The van der Waals surface area contributed by atoms with E-state index in [1.807, 2.05) is 59.5 Å². The Labute approximate surface area is 123 Å². The average Bonchev–Trinajstić information content (AvgIpc) is 2.49. The summed E-state index contributed by atoms with van der Waals surface area (Å²) in [6, 6.07) is 16.9. The number of amides is 1. The lowest BCUT2D eigenvalue weighted by atomic mass is 9.88. The van der Waals surface area contributed by atoms with Crippen molar-refractivity contribution in [3.8, 4) is 0 Å². The van der Waals surface area contributed by atoms with Gasteiger partial charge < -0.3 is 10.6 Å². The normalized spacial score (nSPS) is 21.7. The highest BCUT2D eigenvalue weighted by Crippen LogP contribution is 2.35. The molecule has 2 aromatic rings. The predicted octanol–water partition coefficient (Wildman–Crippen LogP) is 2.75. The second-order valence-corrected chi connectivity index (χ2v) is 5.41. The van der Waals surface area contributed by atoms with Crippen LogP contribution in [0.25, 0.3) is 0 Å². The molecule has 1 heterocycles. The zero-order valence-electron chi connectivity index (χ0n) is 10.9. The molecule has 1 aliphatic rings. The molecule has 1 aliphatic heterocycles. The highest BCUT2D eigenvalue weighted by molar-refractivity contribution is 6.30. The quantitative estimate of drug-likeness (QED) is 0.882. The Kier molecular flexibility index (Phi) is 3.47. The van der Waals surface area contributed by atoms with Gasteiger partial charge in [-0.15, -0.1) is 0 Å². The van der Waals surface area contributed by atoms with Gasteiger partial charge in [0.05, 0.1) is 6.04 Å². The van der Waals surface area contributed by atoms with E-state index >= 15 is 0 Å². The molecule has 102 valence electrons. The third kappa shape index (κ3) is 2.30. The standard InChI is InChI=1S/C16H15ClN2O/c17-13-8-6-12(7-9-13)15-14(18)16(20)19(15)10-11-4-2-1-3-5-11/h1-9,14-15H,10,18H2/t14-,15-/m1/s1. The van der Waals surface area contributed by atoms with Crippen LogP contribution in [0, 0.1) is 0 Å². The number of hydrogen-bond donors (Lipinski definition) is 1. The molecule has 3 nitrogen and oxygen atoms in total. The van der Waals surface area contributed by atoms with Crippen molar-refractivity contribution >= 4 is 17.5 Å². The summed E-state index contributed by atoms with van der Waals surface area (Å²) in [5.74, 6) is -0.00574. The first-order valence-corrected chi connectivity index (χ1v) is 6.90. The van der Waals surface area contributed by atoms with E-state index in [1.54, 1.807) is 0 Å². The Morgan fingerprint density at radius 3 is 2.35 bits per heavy atom. The molecule has 0 aliphatic carbocycles. The molecule has 2 aromatic carbocycles. The number of hydrogen-bond acceptors (Lipinski definition) is 2. The second kappa shape index (κ2) is 5.27. The van der Waals surface area contributed by atoms with E-state index in [-0.39, 0.29) is 11.9 Å². The molecule has 0 radical (unpaired) electrons. The zero-order chi connectivity index (χ0) is 14.1. The maximum Gasteiger partial charge on any atom is 0.242 e. The predicted molar refractivity (Wildman–Crippen MR) is 79.2 cm³/mol. The van der Waals surface area contributed by atoms with Gasteiger partial charge in [-0.05, 0) is 23.3 Å². The fraction of sp³-hybridized carbons (Fsp3) is 0.188. The van der Waals surface area contributed by atoms with Crippen LogP contribution < -0.4 is 5.73 Å². The van der Waals surface area contributed by atoms with Crippen LogP contribution >= 0.6 is 11.6 Å². The minimum absolute atomic E-state index is 0.00574. The first-order valence-electron chi connectivity index (χ1n) is 6.52. The fourth-order valence-corrected chi connectivity index (χ4v) is 2.70. The summed E-state index contributed by atoms with van der Waals surface area (Å²) < 4.78 is 0. The molecule has 1 fully saturated rings. The van der Waals surface area contributed by atoms with Gasteiger partial charge in [0, 0.05) is 11.6 Å². The number of β-lactam (4-membered cyclic amide) rings is 1. The molecule has 4 heteroatoms. The minimum atomic E-state index is -0.458. The summed E-state index contributed by atoms with van der Waals surface area (Å²) >= 11 is 5.90. The van der Waals surface area contributed by atoms with Gasteiger partial charge in [-0.3, -0.25) is 4.79 Å². The topological polar surface area (TPSA) is 46.3 Å². The third-order valence-electron chi connectivity index (χ3n) is 3.65. The van der Waals surface area contributed by atoms with Gasteiger partial charge in [-0.25, -0.2) is 0 Å². The van der Waals surface area contributed by atoms with E-state index in [0.717, 1.165) is 11.1 Å². The van der Waals surface area contributed by atoms with Crippen LogP contribution in [0.5, 0.6) is 0 Å². The van der Waals surface area contributed by atoms with Crippen LogP contribution in [0.15, 0.2) is 54.6 Å². The van der Waals surface area contributed by atoms with E-state index in [2.05, 4.69) is 0 Å². The first kappa shape index (κ1) is 13.2. The summed E-state index contributed by atoms with van der Waals surface area (Å²) in [6.45, 7) is 0.584. The maximum absolute atomic E-state index is 12.0. The van der Waals surface area contributed by atoms with Crippen molar-refractivity contribution in [3.05, 3.63) is 70.7 Å². The van der Waals surface area contributed by atoms with Crippen LogP contribution in [0.4, 0.5) is 0 Å². The second-order valence-electron chi connectivity index (χ2n) is 4.97. The van der Waals surface area contributed by atoms with Crippen LogP contribution in [0.1, 0.15) is 17.2 Å². The van der Waals surface area contributed by atoms with Crippen molar-refractivity contribution in [1.29, 1.82) is 0 Å². The van der Waals surface area contributed by atoms with E-state index in [9.17, 15) is 4.79 Å². The highest BCUT2D eigenvalue weighted by atomic mass is 35.5. The van der Waals surface area contributed by atoms with Crippen molar-refractivity contribution in [2.24, 2.45) is 5.73 Å². The maximum atomic E-state index is 12.0. The van der Waals surface area contributed by atoms with Crippen molar-refractivity contribution in [1.82, 2.24) is 4.90 Å². The Hall–Kier alpha value is -1.84. The van der Waals surface area contributed by atoms with E-state index in [0.29, 0.717) is 11.6 Å². The van der Waals surface area contributed by atoms with Gasteiger partial charge in [-0.2, -0.15) is 0 Å². The molecule has 0 spiro atoms. The number of nitrogens with two attached hydrogens (primary N) is 1. The van der Waals surface area contributed by atoms with Gasteiger partial charge in [0.1, 0.15) is 6.04 Å². The Bertz CT molecular complexity index is 612. The van der Waals surface area contributed by atoms with Gasteiger partial charge in [-0.1, -0.05) is 54.1 Å². The number of nitrogens with zero attached hydrogens (tertiary/aromatic N) is 1. The lowest BCUT2D eigenvalue weighted by molar-refractivity contribution is -0.150. The Morgan fingerprint density at radius 1 is 1.05 bits per heavy atom. The number of halogens is 1. The van der Waals surface area contributed by atoms with Crippen molar-refractivity contribution in [2.75, 3.05) is 0 Å². The van der Waals surface area contributed by atoms with Crippen LogP contribution in [-0.4, -0.2) is 16.8 Å². The highest BCUT2D eigenvalue weighted by Gasteiger charge is 2.45. The van der Waals surface area contributed by atoms with E-state index in [4.69, 9.17) is 17.3 Å². The molecule has 2 atom stereocenters. The molecule has 1 amide bonds. The largest absolute Gasteiger partial charge is 0.328 e. The summed E-state index contributed by atoms with van der Waals surface area (Å²) in [7, 11) is 0. The average molecular weight is 287 g/mol. The molecule has 1 saturated heterocycles. The summed E-state index contributed by atoms with van der Waals surface area (Å²) in [4.78, 5) is 13.8.